The number of nitrogens with zero attached hydrogens (tertiary/aromatic N) is 1. The second-order valence-corrected chi connectivity index (χ2v) is 5.18. The molecule has 1 heterocycles. The number of aromatic nitrogens is 2. The summed E-state index contributed by atoms with van der Waals surface area (Å²) in [6.45, 7) is 0.150. The molecule has 0 unspecified atom stereocenters. The molecule has 0 spiro atoms. The van der Waals surface area contributed by atoms with Gasteiger partial charge in [-0.05, 0) is 12.1 Å². The average Bonchev–Trinajstić information content (AvgIpc) is 2.94. The first-order valence-electron chi connectivity index (χ1n) is 6.24. The van der Waals surface area contributed by atoms with Gasteiger partial charge in [0.05, 0.1) is 21.9 Å². The highest BCUT2D eigenvalue weighted by Gasteiger charge is 2.17. The van der Waals surface area contributed by atoms with Gasteiger partial charge in [-0.15, -0.1) is 0 Å². The molecule has 0 saturated carbocycles. The first kappa shape index (κ1) is 14.2. The summed E-state index contributed by atoms with van der Waals surface area (Å²) in [7, 11) is 1.57. The van der Waals surface area contributed by atoms with Crippen molar-refractivity contribution >= 4 is 34.2 Å². The number of aromatic amines is 1. The molecule has 0 amide bonds. The number of benzene rings is 2. The molecule has 0 aliphatic carbocycles. The van der Waals surface area contributed by atoms with Crippen molar-refractivity contribution in [2.75, 3.05) is 13.9 Å². The van der Waals surface area contributed by atoms with E-state index in [-0.39, 0.29) is 6.79 Å². The monoisotopic (exact) mass is 322 g/mol. The van der Waals surface area contributed by atoms with Crippen molar-refractivity contribution in [1.29, 1.82) is 0 Å². The number of halogens is 2. The fourth-order valence-corrected chi connectivity index (χ4v) is 2.89. The van der Waals surface area contributed by atoms with E-state index in [2.05, 4.69) is 9.97 Å². The number of para-hydroxylation sites is 1. The largest absolute Gasteiger partial charge is 0.467 e. The molecule has 1 aromatic heterocycles. The lowest BCUT2D eigenvalue weighted by Gasteiger charge is -2.13. The number of ether oxygens (including phenoxy) is 2. The second-order valence-electron chi connectivity index (χ2n) is 4.39. The van der Waals surface area contributed by atoms with Gasteiger partial charge in [-0.3, -0.25) is 0 Å². The summed E-state index contributed by atoms with van der Waals surface area (Å²) < 4.78 is 10.5. The van der Waals surface area contributed by atoms with Crippen LogP contribution in [-0.2, 0) is 4.74 Å². The number of hydrogen-bond donors (Lipinski definition) is 1. The number of methoxy groups -OCH3 is 1. The molecule has 0 bridgehead atoms. The molecule has 3 aromatic rings. The SMILES string of the molecule is COCOc1ccccc1-c1c(Cl)cc2[nH]cnc2c1Cl. The standard InChI is InChI=1S/C15H12Cl2N2O2/c1-20-8-21-12-5-3-2-4-9(12)13-10(16)6-11-15(14(13)17)19-7-18-11/h2-7H,8H2,1H3,(H,18,19). The number of hydrogen-bond acceptors (Lipinski definition) is 3. The molecule has 0 radical (unpaired) electrons. The average molecular weight is 323 g/mol. The normalized spacial score (nSPS) is 11.0. The van der Waals surface area contributed by atoms with Crippen LogP contribution in [0.2, 0.25) is 10.0 Å². The van der Waals surface area contributed by atoms with Crippen molar-refractivity contribution in [2.45, 2.75) is 0 Å². The number of fused-ring (bicyclic) bond motifs is 1. The highest BCUT2D eigenvalue weighted by molar-refractivity contribution is 6.42. The van der Waals surface area contributed by atoms with E-state index >= 15 is 0 Å². The van der Waals surface area contributed by atoms with E-state index in [1.54, 1.807) is 19.5 Å². The number of H-pyrrole nitrogens is 1. The topological polar surface area (TPSA) is 47.1 Å². The van der Waals surface area contributed by atoms with E-state index in [9.17, 15) is 0 Å². The van der Waals surface area contributed by atoms with E-state index in [1.807, 2.05) is 24.3 Å². The Morgan fingerprint density at radius 2 is 2.05 bits per heavy atom. The van der Waals surface area contributed by atoms with Gasteiger partial charge < -0.3 is 14.5 Å². The minimum atomic E-state index is 0.150. The van der Waals surface area contributed by atoms with Crippen LogP contribution in [0.25, 0.3) is 22.2 Å². The molecule has 21 heavy (non-hydrogen) atoms. The second kappa shape index (κ2) is 5.93. The van der Waals surface area contributed by atoms with Crippen molar-refractivity contribution in [3.8, 4) is 16.9 Å². The van der Waals surface area contributed by atoms with Gasteiger partial charge in [0.15, 0.2) is 6.79 Å². The number of imidazole rings is 1. The molecule has 1 N–H and O–H groups in total. The van der Waals surface area contributed by atoms with Crippen LogP contribution in [0.4, 0.5) is 0 Å². The van der Waals surface area contributed by atoms with E-state index in [0.29, 0.717) is 26.9 Å². The summed E-state index contributed by atoms with van der Waals surface area (Å²) in [6, 6.07) is 9.32. The van der Waals surface area contributed by atoms with Gasteiger partial charge in [-0.2, -0.15) is 0 Å². The minimum Gasteiger partial charge on any atom is -0.467 e. The lowest BCUT2D eigenvalue weighted by molar-refractivity contribution is 0.0515. The van der Waals surface area contributed by atoms with Crippen LogP contribution in [0.1, 0.15) is 0 Å². The zero-order valence-electron chi connectivity index (χ0n) is 11.2. The van der Waals surface area contributed by atoms with Crippen LogP contribution in [-0.4, -0.2) is 23.9 Å². The Morgan fingerprint density at radius 1 is 1.24 bits per heavy atom. The third-order valence-electron chi connectivity index (χ3n) is 3.09. The predicted molar refractivity (Wildman–Crippen MR) is 84.1 cm³/mol. The van der Waals surface area contributed by atoms with Gasteiger partial charge >= 0.3 is 0 Å². The summed E-state index contributed by atoms with van der Waals surface area (Å²) >= 11 is 12.9. The van der Waals surface area contributed by atoms with Crippen molar-refractivity contribution in [3.05, 3.63) is 46.7 Å². The molecule has 0 fully saturated rings. The molecular formula is C15H12Cl2N2O2. The molecule has 108 valence electrons. The van der Waals surface area contributed by atoms with Crippen LogP contribution >= 0.6 is 23.2 Å². The zero-order valence-corrected chi connectivity index (χ0v) is 12.7. The fourth-order valence-electron chi connectivity index (χ4n) is 2.18. The van der Waals surface area contributed by atoms with E-state index in [1.165, 1.54) is 0 Å². The molecule has 0 saturated heterocycles. The Kier molecular flexibility index (Phi) is 4.01. The van der Waals surface area contributed by atoms with Crippen LogP contribution < -0.4 is 4.74 Å². The van der Waals surface area contributed by atoms with Crippen molar-refractivity contribution in [2.24, 2.45) is 0 Å². The molecule has 0 aliphatic heterocycles. The lowest BCUT2D eigenvalue weighted by Crippen LogP contribution is -2.00. The predicted octanol–water partition coefficient (Wildman–Crippen LogP) is 4.52. The third-order valence-corrected chi connectivity index (χ3v) is 3.76. The smallest absolute Gasteiger partial charge is 0.188 e. The Bertz CT molecular complexity index is 786. The van der Waals surface area contributed by atoms with Crippen molar-refractivity contribution in [1.82, 2.24) is 9.97 Å². The first-order valence-corrected chi connectivity index (χ1v) is 7.00. The minimum absolute atomic E-state index is 0.150. The summed E-state index contributed by atoms with van der Waals surface area (Å²) in [5, 5.41) is 1.03. The van der Waals surface area contributed by atoms with Crippen molar-refractivity contribution < 1.29 is 9.47 Å². The highest BCUT2D eigenvalue weighted by atomic mass is 35.5. The van der Waals surface area contributed by atoms with E-state index in [0.717, 1.165) is 11.1 Å². The maximum Gasteiger partial charge on any atom is 0.188 e. The lowest BCUT2D eigenvalue weighted by atomic mass is 10.0. The van der Waals surface area contributed by atoms with Gasteiger partial charge in [0.2, 0.25) is 0 Å². The van der Waals surface area contributed by atoms with E-state index < -0.39 is 0 Å². The van der Waals surface area contributed by atoms with Gasteiger partial charge in [-0.1, -0.05) is 41.4 Å². The molecule has 2 aromatic carbocycles. The summed E-state index contributed by atoms with van der Waals surface area (Å²) in [6.07, 6.45) is 1.59. The van der Waals surface area contributed by atoms with Crippen LogP contribution in [0.3, 0.4) is 0 Å². The Morgan fingerprint density at radius 3 is 2.86 bits per heavy atom. The molecule has 4 nitrogen and oxygen atoms in total. The summed E-state index contributed by atoms with van der Waals surface area (Å²) in [4.78, 5) is 7.22. The van der Waals surface area contributed by atoms with Gasteiger partial charge in [-0.25, -0.2) is 4.98 Å². The Balaban J connectivity index is 2.20. The van der Waals surface area contributed by atoms with Crippen LogP contribution in [0.15, 0.2) is 36.7 Å². The third kappa shape index (κ3) is 2.58. The summed E-state index contributed by atoms with van der Waals surface area (Å²) in [5.74, 6) is 0.651. The fraction of sp³-hybridized carbons (Fsp3) is 0.133. The quantitative estimate of drug-likeness (QED) is 0.718. The van der Waals surface area contributed by atoms with Crippen LogP contribution in [0, 0.1) is 0 Å². The highest BCUT2D eigenvalue weighted by Crippen LogP contribution is 2.42. The van der Waals surface area contributed by atoms with Crippen molar-refractivity contribution in [3.63, 3.8) is 0 Å². The van der Waals surface area contributed by atoms with Gasteiger partial charge in [0.25, 0.3) is 0 Å². The van der Waals surface area contributed by atoms with Gasteiger partial charge in [0.1, 0.15) is 11.3 Å². The zero-order chi connectivity index (χ0) is 14.8. The van der Waals surface area contributed by atoms with Crippen LogP contribution in [0.5, 0.6) is 5.75 Å². The Labute approximate surface area is 131 Å². The number of rotatable bonds is 4. The maximum absolute atomic E-state index is 6.48. The molecular weight excluding hydrogens is 311 g/mol. The molecule has 3 rings (SSSR count). The number of nitrogens with one attached hydrogen (secondary N) is 1. The molecule has 6 heteroatoms. The van der Waals surface area contributed by atoms with E-state index in [4.69, 9.17) is 32.7 Å². The van der Waals surface area contributed by atoms with Gasteiger partial charge in [0, 0.05) is 18.2 Å². The summed E-state index contributed by atoms with van der Waals surface area (Å²) in [5.41, 5.74) is 2.97. The molecule has 0 aliphatic rings. The molecule has 0 atom stereocenters. The first-order chi connectivity index (χ1) is 10.2. The Hall–Kier alpha value is -1.75. The maximum atomic E-state index is 6.48.